The molecular formula is C41H31Cl2F3N4O9. The Hall–Kier alpha value is -5.97. The zero-order valence-electron chi connectivity index (χ0n) is 30.3. The number of nitrogens with zero attached hydrogens (tertiary/aromatic N) is 3. The van der Waals surface area contributed by atoms with Gasteiger partial charge in [-0.2, -0.15) is 18.2 Å². The molecule has 1 saturated carbocycles. The number of para-hydroxylation sites is 1. The standard InChI is InChI=1S/C41H31Cl2F3N4O9/c42-21-7-5-19(6-8-21)40-28(36(54)50(39(40)58)48-34-29(43)15-20(18-47-34)41(44,45)46)17-27-23(33(40)25-3-1-2-4-31(25)59-14-13-51)11-12-26-32(27)37(55)49(35(26)53)22-9-10-24(38(56)57)30(52)16-22/h1-11,15-16,18,26-28,32-33,51-52H,12-14,17H2,(H,47,48)(H,56,57)/t26-,27+,28-,32-,33+,40+/m0/s1. The molecule has 59 heavy (non-hydrogen) atoms. The van der Waals surface area contributed by atoms with Gasteiger partial charge in [0, 0.05) is 28.8 Å². The van der Waals surface area contributed by atoms with Crippen molar-refractivity contribution in [3.63, 3.8) is 0 Å². The van der Waals surface area contributed by atoms with Crippen molar-refractivity contribution in [2.24, 2.45) is 23.7 Å². The highest BCUT2D eigenvalue weighted by Gasteiger charge is 2.71. The van der Waals surface area contributed by atoms with Crippen LogP contribution in [0.25, 0.3) is 0 Å². The highest BCUT2D eigenvalue weighted by atomic mass is 35.5. The molecule has 304 valence electrons. The van der Waals surface area contributed by atoms with Crippen molar-refractivity contribution in [1.82, 2.24) is 9.99 Å². The number of amides is 4. The van der Waals surface area contributed by atoms with E-state index in [1.165, 1.54) is 18.2 Å². The summed E-state index contributed by atoms with van der Waals surface area (Å²) < 4.78 is 46.6. The number of imide groups is 2. The number of hydrogen-bond acceptors (Lipinski definition) is 10. The Morgan fingerprint density at radius 2 is 1.69 bits per heavy atom. The van der Waals surface area contributed by atoms with Gasteiger partial charge in [-0.15, -0.1) is 0 Å². The second-order valence-electron chi connectivity index (χ2n) is 14.5. The van der Waals surface area contributed by atoms with Crippen LogP contribution in [-0.2, 0) is 30.8 Å². The fourth-order valence-electron chi connectivity index (χ4n) is 9.23. The molecule has 4 aromatic rings. The number of carbonyl (C=O) groups is 5. The van der Waals surface area contributed by atoms with E-state index < -0.39 is 98.5 Å². The average molecular weight is 852 g/mol. The van der Waals surface area contributed by atoms with Crippen LogP contribution in [0.1, 0.15) is 45.8 Å². The summed E-state index contributed by atoms with van der Waals surface area (Å²) >= 11 is 12.6. The quantitative estimate of drug-likeness (QED) is 0.108. The minimum absolute atomic E-state index is 0.0173. The molecule has 3 heterocycles. The zero-order chi connectivity index (χ0) is 42.1. The van der Waals surface area contributed by atoms with Crippen LogP contribution in [0.3, 0.4) is 0 Å². The van der Waals surface area contributed by atoms with Gasteiger partial charge in [0.25, 0.3) is 11.8 Å². The number of aromatic hydroxyl groups is 1. The van der Waals surface area contributed by atoms with Crippen LogP contribution >= 0.6 is 23.2 Å². The second-order valence-corrected chi connectivity index (χ2v) is 15.4. The molecule has 3 fully saturated rings. The Morgan fingerprint density at radius 1 is 0.966 bits per heavy atom. The summed E-state index contributed by atoms with van der Waals surface area (Å²) in [4.78, 5) is 75.3. The molecule has 0 unspecified atom stereocenters. The normalized spacial score (nSPS) is 25.1. The van der Waals surface area contributed by atoms with Gasteiger partial charge < -0.3 is 20.1 Å². The van der Waals surface area contributed by atoms with E-state index in [-0.39, 0.29) is 37.5 Å². The lowest BCUT2D eigenvalue weighted by Crippen LogP contribution is -2.53. The Balaban J connectivity index is 1.31. The van der Waals surface area contributed by atoms with Crippen molar-refractivity contribution in [1.29, 1.82) is 0 Å². The topological polar surface area (TPSA) is 187 Å². The minimum Gasteiger partial charge on any atom is -0.507 e. The van der Waals surface area contributed by atoms with E-state index in [0.29, 0.717) is 39.0 Å². The first-order chi connectivity index (χ1) is 28.1. The number of phenols is 1. The van der Waals surface area contributed by atoms with Gasteiger partial charge in [0.15, 0.2) is 5.82 Å². The number of carboxylic acid groups (broad SMARTS) is 1. The number of halogens is 5. The first kappa shape index (κ1) is 39.8. The summed E-state index contributed by atoms with van der Waals surface area (Å²) in [5, 5.41) is 30.1. The molecule has 4 N–H and O–H groups in total. The SMILES string of the molecule is O=C(O)c1ccc(N2C(=O)[C@H]3[C@H](CC=C4[C@H]3C[C@H]3C(=O)N(Nc5ncc(C(F)(F)F)cc5Cl)C(=O)[C@@]3(c3ccc(Cl)cc3)[C@H]4c3ccccc3OCCO)C2=O)cc1O. The van der Waals surface area contributed by atoms with Crippen LogP contribution in [0, 0.1) is 23.7 Å². The van der Waals surface area contributed by atoms with Crippen molar-refractivity contribution in [3.8, 4) is 11.5 Å². The molecule has 6 atom stereocenters. The predicted octanol–water partition coefficient (Wildman–Crippen LogP) is 6.37. The molecule has 0 bridgehead atoms. The summed E-state index contributed by atoms with van der Waals surface area (Å²) in [7, 11) is 0. The van der Waals surface area contributed by atoms with Crippen molar-refractivity contribution >= 4 is 64.3 Å². The van der Waals surface area contributed by atoms with E-state index in [0.717, 1.165) is 17.0 Å². The third-order valence-corrected chi connectivity index (χ3v) is 12.1. The fourth-order valence-corrected chi connectivity index (χ4v) is 9.56. The molecular weight excluding hydrogens is 820 g/mol. The number of carbonyl (C=O) groups excluding carboxylic acids is 4. The minimum atomic E-state index is -4.79. The highest BCUT2D eigenvalue weighted by molar-refractivity contribution is 6.33. The van der Waals surface area contributed by atoms with E-state index >= 15 is 4.79 Å². The largest absolute Gasteiger partial charge is 0.507 e. The number of aliphatic hydroxyl groups is 1. The third kappa shape index (κ3) is 6.28. The summed E-state index contributed by atoms with van der Waals surface area (Å²) in [6, 6.07) is 16.8. The number of allylic oxidation sites excluding steroid dienone is 2. The third-order valence-electron chi connectivity index (χ3n) is 11.6. The number of rotatable bonds is 9. The van der Waals surface area contributed by atoms with Crippen molar-refractivity contribution in [3.05, 3.63) is 123 Å². The Labute approximate surface area is 342 Å². The molecule has 4 amide bonds. The monoisotopic (exact) mass is 850 g/mol. The maximum absolute atomic E-state index is 15.4. The fraction of sp³-hybridized carbons (Fsp3) is 0.268. The number of aromatic nitrogens is 1. The summed E-state index contributed by atoms with van der Waals surface area (Å²) in [6.45, 7) is -0.521. The molecule has 2 aliphatic carbocycles. The maximum Gasteiger partial charge on any atom is 0.417 e. The van der Waals surface area contributed by atoms with Crippen LogP contribution in [0.5, 0.6) is 11.5 Å². The number of anilines is 2. The molecule has 3 aromatic carbocycles. The maximum atomic E-state index is 15.4. The molecule has 4 aliphatic rings. The number of alkyl halides is 3. The molecule has 8 rings (SSSR count). The average Bonchev–Trinajstić information content (AvgIpc) is 3.58. The van der Waals surface area contributed by atoms with Gasteiger partial charge >= 0.3 is 12.1 Å². The van der Waals surface area contributed by atoms with E-state index in [1.54, 1.807) is 42.5 Å². The number of benzene rings is 3. The van der Waals surface area contributed by atoms with Gasteiger partial charge in [-0.3, -0.25) is 24.6 Å². The number of fused-ring (bicyclic) bond motifs is 4. The number of hydrogen-bond donors (Lipinski definition) is 4. The number of hydrazine groups is 1. The number of ether oxygens (including phenoxy) is 1. The van der Waals surface area contributed by atoms with E-state index in [9.17, 15) is 47.7 Å². The lowest BCUT2D eigenvalue weighted by atomic mass is 9.49. The summed E-state index contributed by atoms with van der Waals surface area (Å²) in [6.07, 6.45) is -2.67. The predicted molar refractivity (Wildman–Crippen MR) is 203 cm³/mol. The molecule has 18 heteroatoms. The first-order valence-corrected chi connectivity index (χ1v) is 19.0. The molecule has 0 spiro atoms. The lowest BCUT2D eigenvalue weighted by Gasteiger charge is -2.50. The van der Waals surface area contributed by atoms with Crippen molar-refractivity contribution < 1.29 is 57.2 Å². The van der Waals surface area contributed by atoms with Crippen LogP contribution in [0.15, 0.2) is 90.6 Å². The van der Waals surface area contributed by atoms with Crippen molar-refractivity contribution in [2.45, 2.75) is 30.4 Å². The smallest absolute Gasteiger partial charge is 0.417 e. The Bertz CT molecular complexity index is 2480. The van der Waals surface area contributed by atoms with E-state index in [4.69, 9.17) is 27.9 Å². The van der Waals surface area contributed by atoms with Gasteiger partial charge in [0.1, 0.15) is 23.7 Å². The second kappa shape index (κ2) is 14.7. The Kier molecular flexibility index (Phi) is 9.92. The molecule has 1 aromatic heterocycles. The van der Waals surface area contributed by atoms with Crippen LogP contribution in [-0.4, -0.2) is 68.1 Å². The van der Waals surface area contributed by atoms with Gasteiger partial charge in [-0.05, 0) is 60.7 Å². The van der Waals surface area contributed by atoms with E-state index in [1.807, 2.05) is 0 Å². The number of aliphatic hydroxyl groups excluding tert-OH is 1. The van der Waals surface area contributed by atoms with Crippen LogP contribution < -0.4 is 15.1 Å². The first-order valence-electron chi connectivity index (χ1n) is 18.2. The molecule has 2 saturated heterocycles. The summed E-state index contributed by atoms with van der Waals surface area (Å²) in [5.41, 5.74) is 0.314. The summed E-state index contributed by atoms with van der Waals surface area (Å²) in [5.74, 6) is -10.5. The van der Waals surface area contributed by atoms with Crippen LogP contribution in [0.2, 0.25) is 10.0 Å². The molecule has 0 radical (unpaired) electrons. The number of aromatic carboxylic acids is 1. The number of pyridine rings is 1. The number of carboxylic acids is 1. The Morgan fingerprint density at radius 3 is 2.36 bits per heavy atom. The van der Waals surface area contributed by atoms with Crippen LogP contribution in [0.4, 0.5) is 24.7 Å². The lowest BCUT2D eigenvalue weighted by molar-refractivity contribution is -0.139. The number of nitrogens with one attached hydrogen (secondary N) is 1. The zero-order valence-corrected chi connectivity index (χ0v) is 31.8. The van der Waals surface area contributed by atoms with Gasteiger partial charge in [-0.1, -0.05) is 65.2 Å². The highest BCUT2D eigenvalue weighted by Crippen LogP contribution is 2.65. The molecule has 2 aliphatic heterocycles. The molecule has 13 nitrogen and oxygen atoms in total. The van der Waals surface area contributed by atoms with E-state index in [2.05, 4.69) is 10.4 Å². The van der Waals surface area contributed by atoms with Gasteiger partial charge in [-0.25, -0.2) is 14.7 Å². The van der Waals surface area contributed by atoms with Crippen molar-refractivity contribution in [2.75, 3.05) is 23.5 Å². The van der Waals surface area contributed by atoms with Gasteiger partial charge in [0.05, 0.1) is 46.0 Å². The van der Waals surface area contributed by atoms with Gasteiger partial charge in [0.2, 0.25) is 11.8 Å².